The molecule has 1 aromatic carbocycles. The molecule has 172 valence electrons. The van der Waals surface area contributed by atoms with Crippen LogP contribution in [-0.2, 0) is 0 Å². The average molecular weight is 439 g/mol. The van der Waals surface area contributed by atoms with Gasteiger partial charge in [0.25, 0.3) is 5.91 Å². The molecule has 4 rings (SSSR count). The van der Waals surface area contributed by atoms with Crippen molar-refractivity contribution in [1.82, 2.24) is 15.4 Å². The molecule has 1 amide bonds. The Morgan fingerprint density at radius 2 is 1.69 bits per heavy atom. The molecule has 0 spiro atoms. The van der Waals surface area contributed by atoms with E-state index in [9.17, 15) is 4.79 Å². The summed E-state index contributed by atoms with van der Waals surface area (Å²) in [4.78, 5) is 22.2. The third kappa shape index (κ3) is 4.91. The molecule has 0 bridgehead atoms. The Balaban J connectivity index is 1.52. The van der Waals surface area contributed by atoms with Crippen LogP contribution in [0.3, 0.4) is 0 Å². The van der Waals surface area contributed by atoms with Crippen LogP contribution in [0.4, 0.5) is 17.1 Å². The lowest BCUT2D eigenvalue weighted by molar-refractivity contribution is 0.0826. The number of rotatable bonds is 8. The second-order valence-electron chi connectivity index (χ2n) is 8.29. The number of para-hydroxylation sites is 2. The number of hydrogen-bond donors (Lipinski definition) is 2. The first kappa shape index (κ1) is 22.2. The topological polar surface area (TPSA) is 73.0 Å². The van der Waals surface area contributed by atoms with Gasteiger partial charge in [0.15, 0.2) is 0 Å². The van der Waals surface area contributed by atoms with Gasteiger partial charge in [0.2, 0.25) is 0 Å². The average Bonchev–Trinajstić information content (AvgIpc) is 3.35. The van der Waals surface area contributed by atoms with Crippen LogP contribution in [0, 0.1) is 0 Å². The first-order valence-corrected chi connectivity index (χ1v) is 11.6. The van der Waals surface area contributed by atoms with Crippen molar-refractivity contribution >= 4 is 23.0 Å². The summed E-state index contributed by atoms with van der Waals surface area (Å²) in [5.74, 6) is 0.806. The molecule has 0 saturated carbocycles. The van der Waals surface area contributed by atoms with Crippen LogP contribution in [0.5, 0.6) is 5.75 Å². The van der Waals surface area contributed by atoms with Gasteiger partial charge in [-0.25, -0.2) is 5.01 Å². The lowest BCUT2D eigenvalue weighted by Gasteiger charge is -2.38. The minimum Gasteiger partial charge on any atom is -0.495 e. The fraction of sp³-hybridized carbons (Fsp3) is 0.500. The maximum Gasteiger partial charge on any atom is 0.269 e. The van der Waals surface area contributed by atoms with Crippen LogP contribution in [0.15, 0.2) is 36.7 Å². The van der Waals surface area contributed by atoms with Gasteiger partial charge in [-0.15, -0.1) is 0 Å². The van der Waals surface area contributed by atoms with Gasteiger partial charge in [-0.1, -0.05) is 19.1 Å². The van der Waals surface area contributed by atoms with Crippen LogP contribution in [0.2, 0.25) is 0 Å². The fourth-order valence-electron chi connectivity index (χ4n) is 4.41. The van der Waals surface area contributed by atoms with E-state index in [2.05, 4.69) is 38.5 Å². The molecule has 0 aliphatic carbocycles. The summed E-state index contributed by atoms with van der Waals surface area (Å²) in [6.45, 7) is 8.18. The molecule has 0 atom stereocenters. The molecule has 2 saturated heterocycles. The lowest BCUT2D eigenvalue weighted by atomic mass is 10.1. The summed E-state index contributed by atoms with van der Waals surface area (Å²) < 4.78 is 5.55. The van der Waals surface area contributed by atoms with Gasteiger partial charge in [-0.3, -0.25) is 15.2 Å². The Morgan fingerprint density at radius 1 is 1.00 bits per heavy atom. The molecule has 2 aliphatic heterocycles. The summed E-state index contributed by atoms with van der Waals surface area (Å²) in [5.41, 5.74) is 6.66. The Labute approximate surface area is 190 Å². The van der Waals surface area contributed by atoms with Gasteiger partial charge in [0.1, 0.15) is 5.75 Å². The number of amides is 1. The Morgan fingerprint density at radius 3 is 2.38 bits per heavy atom. The number of carbonyl (C=O) groups is 1. The highest BCUT2D eigenvalue weighted by Gasteiger charge is 2.25. The van der Waals surface area contributed by atoms with E-state index in [1.807, 2.05) is 29.4 Å². The van der Waals surface area contributed by atoms with Crippen molar-refractivity contribution in [2.45, 2.75) is 26.2 Å². The van der Waals surface area contributed by atoms with Crippen molar-refractivity contribution in [3.63, 3.8) is 0 Å². The Hall–Kier alpha value is -3.00. The smallest absolute Gasteiger partial charge is 0.269 e. The van der Waals surface area contributed by atoms with Crippen molar-refractivity contribution in [3.05, 3.63) is 42.2 Å². The highest BCUT2D eigenvalue weighted by Crippen LogP contribution is 2.32. The molecule has 2 aromatic rings. The van der Waals surface area contributed by atoms with Crippen LogP contribution in [0.25, 0.3) is 0 Å². The number of nitrogens with zero attached hydrogens (tertiary/aromatic N) is 4. The lowest BCUT2D eigenvalue weighted by Crippen LogP contribution is -2.47. The first-order valence-electron chi connectivity index (χ1n) is 11.6. The molecule has 8 heteroatoms. The largest absolute Gasteiger partial charge is 0.495 e. The number of carbonyl (C=O) groups excluding carboxylic acids is 1. The van der Waals surface area contributed by atoms with Gasteiger partial charge >= 0.3 is 0 Å². The van der Waals surface area contributed by atoms with Crippen molar-refractivity contribution in [2.75, 3.05) is 68.0 Å². The summed E-state index contributed by atoms with van der Waals surface area (Å²) in [6, 6.07) is 8.15. The number of piperazine rings is 1. The van der Waals surface area contributed by atoms with Gasteiger partial charge in [0.05, 0.1) is 35.9 Å². The van der Waals surface area contributed by atoms with Gasteiger partial charge in [0, 0.05) is 52.0 Å². The summed E-state index contributed by atoms with van der Waals surface area (Å²) >= 11 is 0. The Bertz CT molecular complexity index is 907. The van der Waals surface area contributed by atoms with E-state index < -0.39 is 0 Å². The van der Waals surface area contributed by atoms with E-state index in [0.29, 0.717) is 5.56 Å². The van der Waals surface area contributed by atoms with Crippen molar-refractivity contribution in [2.24, 2.45) is 0 Å². The minimum absolute atomic E-state index is 0.0903. The van der Waals surface area contributed by atoms with E-state index in [4.69, 9.17) is 4.74 Å². The zero-order valence-electron chi connectivity index (χ0n) is 19.1. The minimum atomic E-state index is -0.0903. The van der Waals surface area contributed by atoms with Crippen molar-refractivity contribution in [3.8, 4) is 5.75 Å². The third-order valence-corrected chi connectivity index (χ3v) is 6.13. The second-order valence-corrected chi connectivity index (χ2v) is 8.29. The maximum absolute atomic E-state index is 13.1. The predicted octanol–water partition coefficient (Wildman–Crippen LogP) is 2.98. The standard InChI is InChI=1S/C24H34N6O2/c1-3-10-26-23-19(24(31)27-30-11-6-7-12-30)17-25-18-21(23)29-15-13-28(14-16-29)20-8-4-5-9-22(20)32-2/h4-5,8-9,17-18H,3,6-7,10-16H2,1-2H3,(H,25,26)(H,27,31). The quantitative estimate of drug-likeness (QED) is 0.656. The number of nitrogens with one attached hydrogen (secondary N) is 2. The number of ether oxygens (including phenoxy) is 1. The highest BCUT2D eigenvalue weighted by atomic mass is 16.5. The molecular weight excluding hydrogens is 404 g/mol. The van der Waals surface area contributed by atoms with E-state index in [-0.39, 0.29) is 5.91 Å². The van der Waals surface area contributed by atoms with E-state index in [1.54, 1.807) is 13.3 Å². The molecule has 3 heterocycles. The van der Waals surface area contributed by atoms with Crippen LogP contribution >= 0.6 is 0 Å². The molecule has 0 radical (unpaired) electrons. The van der Waals surface area contributed by atoms with Crippen LogP contribution in [-0.4, -0.2) is 68.8 Å². The Kier molecular flexibility index (Phi) is 7.32. The number of aromatic nitrogens is 1. The fourth-order valence-corrected chi connectivity index (χ4v) is 4.41. The second kappa shape index (κ2) is 10.5. The molecule has 2 N–H and O–H groups in total. The summed E-state index contributed by atoms with van der Waals surface area (Å²) in [5, 5.41) is 5.51. The van der Waals surface area contributed by atoms with Crippen LogP contribution < -0.4 is 25.3 Å². The molecule has 2 fully saturated rings. The normalized spacial score (nSPS) is 16.8. The van der Waals surface area contributed by atoms with Gasteiger partial charge in [-0.05, 0) is 31.4 Å². The van der Waals surface area contributed by atoms with Crippen LogP contribution in [0.1, 0.15) is 36.5 Å². The number of benzene rings is 1. The molecule has 1 aromatic heterocycles. The van der Waals surface area contributed by atoms with E-state index >= 15 is 0 Å². The number of hydrogen-bond acceptors (Lipinski definition) is 7. The zero-order valence-corrected chi connectivity index (χ0v) is 19.1. The third-order valence-electron chi connectivity index (χ3n) is 6.13. The van der Waals surface area contributed by atoms with E-state index in [1.165, 1.54) is 0 Å². The van der Waals surface area contributed by atoms with Gasteiger partial charge < -0.3 is 19.9 Å². The number of methoxy groups -OCH3 is 1. The first-order chi connectivity index (χ1) is 15.7. The summed E-state index contributed by atoms with van der Waals surface area (Å²) in [6.07, 6.45) is 6.78. The maximum atomic E-state index is 13.1. The van der Waals surface area contributed by atoms with Crippen molar-refractivity contribution < 1.29 is 9.53 Å². The highest BCUT2D eigenvalue weighted by molar-refractivity contribution is 6.02. The summed E-state index contributed by atoms with van der Waals surface area (Å²) in [7, 11) is 1.71. The molecule has 32 heavy (non-hydrogen) atoms. The van der Waals surface area contributed by atoms with Gasteiger partial charge in [-0.2, -0.15) is 0 Å². The zero-order chi connectivity index (χ0) is 22.3. The molecule has 2 aliphatic rings. The molecular formula is C24H34N6O2. The SMILES string of the molecule is CCCNc1c(C(=O)NN2CCCC2)cncc1N1CCN(c2ccccc2OC)CC1. The van der Waals surface area contributed by atoms with E-state index in [0.717, 1.165) is 87.9 Å². The van der Waals surface area contributed by atoms with Crippen molar-refractivity contribution in [1.29, 1.82) is 0 Å². The molecule has 0 unspecified atom stereocenters. The monoisotopic (exact) mass is 438 g/mol. The predicted molar refractivity (Wildman–Crippen MR) is 129 cm³/mol. The number of hydrazine groups is 1. The number of pyridine rings is 1. The number of anilines is 3. The molecule has 8 nitrogen and oxygen atoms in total.